The number of benzene rings is 1. The zero-order valence-electron chi connectivity index (χ0n) is 10.2. The van der Waals surface area contributed by atoms with Gasteiger partial charge in [-0.1, -0.05) is 17.7 Å². The molecule has 0 radical (unpaired) electrons. The summed E-state index contributed by atoms with van der Waals surface area (Å²) >= 11 is 6.15. The minimum absolute atomic E-state index is 0.0450. The van der Waals surface area contributed by atoms with Crippen LogP contribution in [0.2, 0.25) is 5.02 Å². The Bertz CT molecular complexity index is 416. The van der Waals surface area contributed by atoms with Gasteiger partial charge in [0.1, 0.15) is 0 Å². The third kappa shape index (κ3) is 2.72. The predicted molar refractivity (Wildman–Crippen MR) is 70.8 cm³/mol. The molecule has 1 aromatic rings. The third-order valence-corrected chi connectivity index (χ3v) is 3.36. The maximum atomic E-state index is 12.0. The number of hydrogen-bond donors (Lipinski definition) is 1. The summed E-state index contributed by atoms with van der Waals surface area (Å²) in [5.74, 6) is 0. The quantitative estimate of drug-likeness (QED) is 0.814. The van der Waals surface area contributed by atoms with Crippen molar-refractivity contribution in [2.24, 2.45) is 0 Å². The maximum Gasteiger partial charge on any atom is 0.321 e. The van der Waals surface area contributed by atoms with Crippen LogP contribution < -0.4 is 5.32 Å². The average Bonchev–Trinajstić information content (AvgIpc) is 2.76. The highest BCUT2D eigenvalue weighted by Crippen LogP contribution is 2.27. The molecule has 0 saturated carbocycles. The number of hydrogen-bond acceptors (Lipinski definition) is 1. The van der Waals surface area contributed by atoms with Crippen molar-refractivity contribution < 1.29 is 4.79 Å². The van der Waals surface area contributed by atoms with Crippen LogP contribution >= 0.6 is 11.6 Å². The summed E-state index contributed by atoms with van der Waals surface area (Å²) in [6, 6.07) is 3.84. The molecule has 0 spiro atoms. The summed E-state index contributed by atoms with van der Waals surface area (Å²) in [6.07, 6.45) is 2.18. The van der Waals surface area contributed by atoms with Crippen LogP contribution in [0.1, 0.15) is 24.0 Å². The molecule has 0 aliphatic carbocycles. The SMILES string of the molecule is Cc1cc(C)c(NC(=O)N2CCCC2)c(Cl)c1. The van der Waals surface area contributed by atoms with Crippen LogP contribution in [0.15, 0.2) is 12.1 Å². The van der Waals surface area contributed by atoms with Crippen LogP contribution in [0.25, 0.3) is 0 Å². The Kier molecular flexibility index (Phi) is 3.57. The van der Waals surface area contributed by atoms with E-state index in [-0.39, 0.29) is 6.03 Å². The van der Waals surface area contributed by atoms with Gasteiger partial charge in [0, 0.05) is 13.1 Å². The van der Waals surface area contributed by atoms with Gasteiger partial charge in [0.05, 0.1) is 10.7 Å². The van der Waals surface area contributed by atoms with Crippen LogP contribution in [0.4, 0.5) is 10.5 Å². The van der Waals surface area contributed by atoms with E-state index in [4.69, 9.17) is 11.6 Å². The number of halogens is 1. The number of nitrogens with zero attached hydrogens (tertiary/aromatic N) is 1. The van der Waals surface area contributed by atoms with Gasteiger partial charge in [-0.05, 0) is 43.9 Å². The standard InChI is InChI=1S/C13H17ClN2O/c1-9-7-10(2)12(11(14)8-9)15-13(17)16-5-3-4-6-16/h7-8H,3-6H2,1-2H3,(H,15,17). The van der Waals surface area contributed by atoms with Crippen LogP contribution in [0, 0.1) is 13.8 Å². The van der Waals surface area contributed by atoms with E-state index in [9.17, 15) is 4.79 Å². The van der Waals surface area contributed by atoms with Crippen molar-refractivity contribution in [3.05, 3.63) is 28.3 Å². The molecule has 1 aromatic carbocycles. The number of aryl methyl sites for hydroxylation is 2. The van der Waals surface area contributed by atoms with Crippen molar-refractivity contribution in [2.45, 2.75) is 26.7 Å². The van der Waals surface area contributed by atoms with E-state index in [1.54, 1.807) is 0 Å². The second kappa shape index (κ2) is 4.96. The van der Waals surface area contributed by atoms with Crippen molar-refractivity contribution in [2.75, 3.05) is 18.4 Å². The molecule has 3 nitrogen and oxygen atoms in total. The Morgan fingerprint density at radius 2 is 1.94 bits per heavy atom. The molecule has 0 atom stereocenters. The molecule has 0 unspecified atom stereocenters. The topological polar surface area (TPSA) is 32.3 Å². The van der Waals surface area contributed by atoms with Gasteiger partial charge < -0.3 is 10.2 Å². The van der Waals surface area contributed by atoms with Crippen LogP contribution in [0.3, 0.4) is 0 Å². The second-order valence-electron chi connectivity index (χ2n) is 4.56. The first-order chi connectivity index (χ1) is 8.08. The normalized spacial score (nSPS) is 15.1. The summed E-state index contributed by atoms with van der Waals surface area (Å²) in [6.45, 7) is 5.63. The van der Waals surface area contributed by atoms with Gasteiger partial charge in [-0.3, -0.25) is 0 Å². The first kappa shape index (κ1) is 12.2. The summed E-state index contributed by atoms with van der Waals surface area (Å²) in [5, 5.41) is 3.51. The molecule has 4 heteroatoms. The molecular weight excluding hydrogens is 236 g/mol. The molecule has 1 aliphatic rings. The fourth-order valence-corrected chi connectivity index (χ4v) is 2.55. The Morgan fingerprint density at radius 1 is 1.29 bits per heavy atom. The fourth-order valence-electron chi connectivity index (χ4n) is 2.18. The molecule has 2 rings (SSSR count). The lowest BCUT2D eigenvalue weighted by molar-refractivity contribution is 0.222. The second-order valence-corrected chi connectivity index (χ2v) is 4.97. The van der Waals surface area contributed by atoms with Crippen molar-refractivity contribution >= 4 is 23.3 Å². The number of nitrogens with one attached hydrogen (secondary N) is 1. The first-order valence-electron chi connectivity index (χ1n) is 5.90. The minimum atomic E-state index is -0.0450. The number of urea groups is 1. The van der Waals surface area contributed by atoms with Gasteiger partial charge in [0.25, 0.3) is 0 Å². The number of carbonyl (C=O) groups excluding carboxylic acids is 1. The highest BCUT2D eigenvalue weighted by Gasteiger charge is 2.19. The highest BCUT2D eigenvalue weighted by atomic mass is 35.5. The summed E-state index contributed by atoms with van der Waals surface area (Å²) < 4.78 is 0. The third-order valence-electron chi connectivity index (χ3n) is 3.06. The number of amides is 2. The monoisotopic (exact) mass is 252 g/mol. The van der Waals surface area contributed by atoms with Crippen molar-refractivity contribution in [3.63, 3.8) is 0 Å². The van der Waals surface area contributed by atoms with Gasteiger partial charge in [0.15, 0.2) is 0 Å². The largest absolute Gasteiger partial charge is 0.325 e. The molecule has 1 heterocycles. The number of carbonyl (C=O) groups is 1. The van der Waals surface area contributed by atoms with Crippen LogP contribution in [0.5, 0.6) is 0 Å². The molecule has 0 aromatic heterocycles. The van der Waals surface area contributed by atoms with Gasteiger partial charge in [-0.15, -0.1) is 0 Å². The Hall–Kier alpha value is -1.22. The minimum Gasteiger partial charge on any atom is -0.325 e. The van der Waals surface area contributed by atoms with E-state index in [0.717, 1.165) is 42.7 Å². The zero-order valence-corrected chi connectivity index (χ0v) is 11.0. The zero-order chi connectivity index (χ0) is 12.4. The first-order valence-corrected chi connectivity index (χ1v) is 6.28. The van der Waals surface area contributed by atoms with Crippen molar-refractivity contribution in [1.29, 1.82) is 0 Å². The smallest absolute Gasteiger partial charge is 0.321 e. The Labute approximate surface area is 107 Å². The molecule has 92 valence electrons. The van der Waals surface area contributed by atoms with Crippen LogP contribution in [-0.4, -0.2) is 24.0 Å². The summed E-state index contributed by atoms with van der Waals surface area (Å²) in [5.41, 5.74) is 2.84. The van der Waals surface area contributed by atoms with E-state index in [2.05, 4.69) is 5.32 Å². The summed E-state index contributed by atoms with van der Waals surface area (Å²) in [4.78, 5) is 13.8. The highest BCUT2D eigenvalue weighted by molar-refractivity contribution is 6.34. The molecule has 0 bridgehead atoms. The van der Waals surface area contributed by atoms with E-state index < -0.39 is 0 Å². The molecule has 2 amide bonds. The lowest BCUT2D eigenvalue weighted by Crippen LogP contribution is -2.32. The molecule has 1 aliphatic heterocycles. The van der Waals surface area contributed by atoms with Crippen LogP contribution in [-0.2, 0) is 0 Å². The number of rotatable bonds is 1. The van der Waals surface area contributed by atoms with Gasteiger partial charge >= 0.3 is 6.03 Å². The summed E-state index contributed by atoms with van der Waals surface area (Å²) in [7, 11) is 0. The van der Waals surface area contributed by atoms with E-state index in [0.29, 0.717) is 5.02 Å². The van der Waals surface area contributed by atoms with Crippen molar-refractivity contribution in [3.8, 4) is 0 Å². The molecular formula is C13H17ClN2O. The fraction of sp³-hybridized carbons (Fsp3) is 0.462. The molecule has 17 heavy (non-hydrogen) atoms. The predicted octanol–water partition coefficient (Wildman–Crippen LogP) is 3.58. The lowest BCUT2D eigenvalue weighted by Gasteiger charge is -2.18. The van der Waals surface area contributed by atoms with Gasteiger partial charge in [0.2, 0.25) is 0 Å². The lowest BCUT2D eigenvalue weighted by atomic mass is 10.1. The molecule has 1 saturated heterocycles. The van der Waals surface area contributed by atoms with Gasteiger partial charge in [-0.2, -0.15) is 0 Å². The van der Waals surface area contributed by atoms with Gasteiger partial charge in [-0.25, -0.2) is 4.79 Å². The Balaban J connectivity index is 2.15. The van der Waals surface area contributed by atoms with E-state index in [1.165, 1.54) is 0 Å². The maximum absolute atomic E-state index is 12.0. The van der Waals surface area contributed by atoms with Crippen molar-refractivity contribution in [1.82, 2.24) is 4.90 Å². The molecule has 1 N–H and O–H groups in total. The van der Waals surface area contributed by atoms with E-state index >= 15 is 0 Å². The number of anilines is 1. The number of likely N-dealkylation sites (tertiary alicyclic amines) is 1. The Morgan fingerprint density at radius 3 is 2.53 bits per heavy atom. The molecule has 1 fully saturated rings. The van der Waals surface area contributed by atoms with E-state index in [1.807, 2.05) is 30.9 Å². The average molecular weight is 253 g/mol.